The maximum Gasteiger partial charge on any atom is 0.306 e. The second kappa shape index (κ2) is 6.23. The third kappa shape index (κ3) is 4.34. The highest BCUT2D eigenvalue weighted by Gasteiger charge is 2.29. The molecule has 10 nitrogen and oxygen atoms in total. The predicted octanol–water partition coefficient (Wildman–Crippen LogP) is -0.393. The highest BCUT2D eigenvalue weighted by atomic mass is 32.2. The molecule has 0 saturated heterocycles. The number of nitro groups is 1. The van der Waals surface area contributed by atoms with Crippen LogP contribution in [0.5, 0.6) is 0 Å². The third-order valence-corrected chi connectivity index (χ3v) is 6.74. The number of nitrogens with one attached hydrogen (secondary N) is 1. The van der Waals surface area contributed by atoms with Crippen molar-refractivity contribution < 1.29 is 21.8 Å². The summed E-state index contributed by atoms with van der Waals surface area (Å²) in [6.45, 7) is -0.252. The van der Waals surface area contributed by atoms with Crippen molar-refractivity contribution >= 4 is 41.9 Å². The fourth-order valence-electron chi connectivity index (χ4n) is 1.29. The van der Waals surface area contributed by atoms with Crippen LogP contribution in [0.15, 0.2) is 10.3 Å². The van der Waals surface area contributed by atoms with E-state index in [4.69, 9.17) is 5.84 Å². The molecule has 3 N–H and O–H groups in total. The van der Waals surface area contributed by atoms with E-state index in [2.05, 4.69) is 5.43 Å². The largest absolute Gasteiger partial charge is 0.310 e. The molecule has 0 spiro atoms. The zero-order chi connectivity index (χ0) is 16.4. The first-order valence-corrected chi connectivity index (χ1v) is 9.69. The van der Waals surface area contributed by atoms with Crippen LogP contribution in [0.2, 0.25) is 0 Å². The molecule has 13 heteroatoms. The molecule has 0 fully saturated rings. The summed E-state index contributed by atoms with van der Waals surface area (Å²) in [6.07, 6.45) is 0.986. The van der Waals surface area contributed by atoms with Gasteiger partial charge < -0.3 is 5.43 Å². The van der Waals surface area contributed by atoms with Crippen LogP contribution < -0.4 is 11.3 Å². The van der Waals surface area contributed by atoms with E-state index in [1.54, 1.807) is 0 Å². The van der Waals surface area contributed by atoms with Crippen LogP contribution in [0.4, 0.5) is 10.7 Å². The molecule has 0 saturated carbocycles. The average molecular weight is 358 g/mol. The van der Waals surface area contributed by atoms with E-state index in [0.29, 0.717) is 11.3 Å². The molecular weight excluding hydrogens is 344 g/mol. The van der Waals surface area contributed by atoms with Gasteiger partial charge in [-0.15, -0.1) is 0 Å². The number of nitrogens with zero attached hydrogens (tertiary/aromatic N) is 2. The molecule has 120 valence electrons. The van der Waals surface area contributed by atoms with E-state index >= 15 is 0 Å². The summed E-state index contributed by atoms with van der Waals surface area (Å²) in [5.41, 5.74) is 1.60. The highest BCUT2D eigenvalue weighted by Crippen LogP contribution is 2.37. The van der Waals surface area contributed by atoms with Gasteiger partial charge in [-0.25, -0.2) is 22.7 Å². The number of hydrazine groups is 1. The number of nitrogen functional groups attached to an aromatic ring is 1. The molecule has 0 aliphatic carbocycles. The maximum absolute atomic E-state index is 12.2. The number of hydrogen-bond donors (Lipinski definition) is 2. The monoisotopic (exact) mass is 358 g/mol. The zero-order valence-corrected chi connectivity index (χ0v) is 13.6. The quantitative estimate of drug-likeness (QED) is 0.379. The van der Waals surface area contributed by atoms with Crippen molar-refractivity contribution in [1.82, 2.24) is 4.31 Å². The number of thiophene rings is 1. The van der Waals surface area contributed by atoms with Gasteiger partial charge >= 0.3 is 5.69 Å². The fourth-order valence-corrected chi connectivity index (χ4v) is 4.64. The number of hydrogen-bond acceptors (Lipinski definition) is 9. The average Bonchev–Trinajstić information content (AvgIpc) is 2.79. The SMILES string of the molecule is CN(CCS(C)(=O)=O)S(=O)(=O)c1cc([N+](=O)[O-])c(NN)s1. The van der Waals surface area contributed by atoms with E-state index in [-0.39, 0.29) is 21.5 Å². The van der Waals surface area contributed by atoms with Gasteiger partial charge in [0.05, 0.1) is 10.7 Å². The van der Waals surface area contributed by atoms with Gasteiger partial charge in [0.25, 0.3) is 10.0 Å². The number of sulfone groups is 1. The molecule has 0 atom stereocenters. The van der Waals surface area contributed by atoms with Gasteiger partial charge in [0.2, 0.25) is 0 Å². The Morgan fingerprint density at radius 2 is 2.00 bits per heavy atom. The van der Waals surface area contributed by atoms with Crippen LogP contribution in [0.1, 0.15) is 0 Å². The van der Waals surface area contributed by atoms with E-state index in [0.717, 1.165) is 16.6 Å². The van der Waals surface area contributed by atoms with E-state index in [9.17, 15) is 26.9 Å². The predicted molar refractivity (Wildman–Crippen MR) is 78.3 cm³/mol. The Morgan fingerprint density at radius 1 is 1.43 bits per heavy atom. The first-order valence-electron chi connectivity index (χ1n) is 5.38. The molecule has 0 aromatic carbocycles. The van der Waals surface area contributed by atoms with Gasteiger partial charge in [-0.1, -0.05) is 11.3 Å². The summed E-state index contributed by atoms with van der Waals surface area (Å²) in [5, 5.41) is 10.7. The number of rotatable bonds is 7. The van der Waals surface area contributed by atoms with Gasteiger partial charge in [-0.05, 0) is 0 Å². The lowest BCUT2D eigenvalue weighted by molar-refractivity contribution is -0.383. The molecule has 1 aromatic rings. The summed E-state index contributed by atoms with van der Waals surface area (Å²) in [7, 11) is -6.15. The number of nitrogens with two attached hydrogens (primary N) is 1. The lowest BCUT2D eigenvalue weighted by Gasteiger charge is -2.14. The van der Waals surface area contributed by atoms with Gasteiger partial charge in [0.1, 0.15) is 14.0 Å². The van der Waals surface area contributed by atoms with Crippen molar-refractivity contribution in [3.8, 4) is 0 Å². The molecular formula is C8H14N4O6S3. The van der Waals surface area contributed by atoms with E-state index in [1.807, 2.05) is 0 Å². The Hall–Kier alpha value is -1.28. The van der Waals surface area contributed by atoms with Gasteiger partial charge in [-0.3, -0.25) is 10.1 Å². The fraction of sp³-hybridized carbons (Fsp3) is 0.500. The standard InChI is InChI=1S/C8H14N4O6S3/c1-11(3-4-20(2,15)16)21(17,18)7-5-6(12(13)14)8(10-9)19-7/h5,10H,3-4,9H2,1-2H3. The van der Waals surface area contributed by atoms with Crippen molar-refractivity contribution in [1.29, 1.82) is 0 Å². The minimum Gasteiger partial charge on any atom is -0.310 e. The molecule has 0 amide bonds. The van der Waals surface area contributed by atoms with Crippen LogP contribution in [-0.4, -0.2) is 51.7 Å². The summed E-state index contributed by atoms with van der Waals surface area (Å²) < 4.78 is 47.1. The Bertz CT molecular complexity index is 738. The lowest BCUT2D eigenvalue weighted by Crippen LogP contribution is -2.31. The highest BCUT2D eigenvalue weighted by molar-refractivity contribution is 7.92. The Kier molecular flexibility index (Phi) is 5.27. The summed E-state index contributed by atoms with van der Waals surface area (Å²) in [5.74, 6) is 4.76. The molecule has 1 aromatic heterocycles. The molecule has 1 rings (SSSR count). The van der Waals surface area contributed by atoms with Gasteiger partial charge in [-0.2, -0.15) is 4.31 Å². The molecule has 1 heterocycles. The second-order valence-electron chi connectivity index (χ2n) is 4.14. The van der Waals surface area contributed by atoms with Gasteiger partial charge in [0.15, 0.2) is 5.00 Å². The minimum atomic E-state index is -4.02. The van der Waals surface area contributed by atoms with Crippen molar-refractivity contribution in [3.05, 3.63) is 16.2 Å². The number of sulfonamides is 1. The second-order valence-corrected chi connectivity index (χ2v) is 9.72. The van der Waals surface area contributed by atoms with Crippen LogP contribution in [0.25, 0.3) is 0 Å². The van der Waals surface area contributed by atoms with Crippen molar-refractivity contribution in [2.24, 2.45) is 5.84 Å². The van der Waals surface area contributed by atoms with Crippen molar-refractivity contribution in [2.45, 2.75) is 4.21 Å². The lowest BCUT2D eigenvalue weighted by atomic mass is 10.5. The normalized spacial score (nSPS) is 12.6. The molecule has 0 radical (unpaired) electrons. The van der Waals surface area contributed by atoms with Crippen LogP contribution in [0.3, 0.4) is 0 Å². The zero-order valence-electron chi connectivity index (χ0n) is 11.1. The van der Waals surface area contributed by atoms with Crippen molar-refractivity contribution in [2.75, 3.05) is 31.0 Å². The smallest absolute Gasteiger partial charge is 0.306 e. The first-order chi connectivity index (χ1) is 9.49. The van der Waals surface area contributed by atoms with Crippen LogP contribution in [0, 0.1) is 10.1 Å². The molecule has 0 bridgehead atoms. The van der Waals surface area contributed by atoms with Crippen molar-refractivity contribution in [3.63, 3.8) is 0 Å². The molecule has 0 unspecified atom stereocenters. The summed E-state index contributed by atoms with van der Waals surface area (Å²) in [4.78, 5) is 10.0. The van der Waals surface area contributed by atoms with E-state index in [1.165, 1.54) is 7.05 Å². The molecule has 21 heavy (non-hydrogen) atoms. The Morgan fingerprint density at radius 3 is 2.38 bits per heavy atom. The molecule has 0 aliphatic heterocycles. The topological polar surface area (TPSA) is 153 Å². The number of anilines is 1. The van der Waals surface area contributed by atoms with Crippen LogP contribution in [-0.2, 0) is 19.9 Å². The third-order valence-electron chi connectivity index (χ3n) is 2.46. The maximum atomic E-state index is 12.2. The summed E-state index contributed by atoms with van der Waals surface area (Å²) >= 11 is 0.600. The minimum absolute atomic E-state index is 0.102. The first kappa shape index (κ1) is 17.8. The van der Waals surface area contributed by atoms with E-state index < -0.39 is 30.5 Å². The Balaban J connectivity index is 3.10. The van der Waals surface area contributed by atoms with Gasteiger partial charge in [0, 0.05) is 25.9 Å². The summed E-state index contributed by atoms with van der Waals surface area (Å²) in [6, 6.07) is 0.881. The Labute approximate surface area is 125 Å². The molecule has 0 aliphatic rings. The van der Waals surface area contributed by atoms with Crippen LogP contribution >= 0.6 is 11.3 Å².